The summed E-state index contributed by atoms with van der Waals surface area (Å²) >= 11 is 0. The number of hydrogen-bond donors (Lipinski definition) is 0. The number of alkyl halides is 3. The highest BCUT2D eigenvalue weighted by Gasteiger charge is 2.42. The van der Waals surface area contributed by atoms with Crippen LogP contribution in [0.25, 0.3) is 0 Å². The summed E-state index contributed by atoms with van der Waals surface area (Å²) in [5, 5.41) is 0. The summed E-state index contributed by atoms with van der Waals surface area (Å²) in [7, 11) is 1.60. The normalized spacial score (nSPS) is 15.6. The number of allylic oxidation sites excluding steroid dienone is 1. The average Bonchev–Trinajstić information content (AvgIpc) is 2.14. The SMILES string of the molecule is C=CC(=C)N(C)C(C)C(CC)C(F)(F)F. The Kier molecular flexibility index (Phi) is 4.91. The second-order valence-electron chi connectivity index (χ2n) is 3.60. The molecule has 0 aromatic heterocycles. The standard InChI is InChI=1S/C11H18F3N/c1-6-8(3)15(5)9(4)10(7-2)11(12,13)14/h6,9-10H,1,3,7H2,2,4-5H3. The molecule has 15 heavy (non-hydrogen) atoms. The summed E-state index contributed by atoms with van der Waals surface area (Å²) in [6.07, 6.45) is -2.64. The molecule has 0 rings (SSSR count). The smallest absolute Gasteiger partial charge is 0.372 e. The molecule has 0 fully saturated rings. The van der Waals surface area contributed by atoms with Crippen molar-refractivity contribution in [2.24, 2.45) is 5.92 Å². The van der Waals surface area contributed by atoms with Gasteiger partial charge in [-0.05, 0) is 19.4 Å². The minimum absolute atomic E-state index is 0.0689. The van der Waals surface area contributed by atoms with Crippen LogP contribution in [0.3, 0.4) is 0 Å². The van der Waals surface area contributed by atoms with Crippen molar-refractivity contribution in [1.82, 2.24) is 4.90 Å². The third-order valence-corrected chi connectivity index (χ3v) is 2.74. The molecule has 0 aromatic rings. The van der Waals surface area contributed by atoms with E-state index in [4.69, 9.17) is 0 Å². The summed E-state index contributed by atoms with van der Waals surface area (Å²) in [5.74, 6) is -1.33. The highest BCUT2D eigenvalue weighted by molar-refractivity contribution is 5.10. The zero-order valence-corrected chi connectivity index (χ0v) is 9.43. The molecule has 0 spiro atoms. The van der Waals surface area contributed by atoms with Gasteiger partial charge in [0.05, 0.1) is 5.92 Å². The molecule has 2 unspecified atom stereocenters. The Morgan fingerprint density at radius 1 is 1.47 bits per heavy atom. The lowest BCUT2D eigenvalue weighted by Crippen LogP contribution is -2.41. The van der Waals surface area contributed by atoms with Crippen molar-refractivity contribution >= 4 is 0 Å². The quantitative estimate of drug-likeness (QED) is 0.641. The lowest BCUT2D eigenvalue weighted by Gasteiger charge is -2.34. The van der Waals surface area contributed by atoms with E-state index in [9.17, 15) is 13.2 Å². The molecule has 0 heterocycles. The van der Waals surface area contributed by atoms with E-state index in [1.165, 1.54) is 11.0 Å². The topological polar surface area (TPSA) is 3.24 Å². The van der Waals surface area contributed by atoms with Gasteiger partial charge in [0.25, 0.3) is 0 Å². The maximum absolute atomic E-state index is 12.6. The first-order chi connectivity index (χ1) is 6.75. The van der Waals surface area contributed by atoms with E-state index in [2.05, 4.69) is 13.2 Å². The number of hydrogen-bond acceptors (Lipinski definition) is 1. The van der Waals surface area contributed by atoms with Gasteiger partial charge in [-0.25, -0.2) is 0 Å². The summed E-state index contributed by atoms with van der Waals surface area (Å²) in [5.41, 5.74) is 0.505. The minimum Gasteiger partial charge on any atom is -0.372 e. The van der Waals surface area contributed by atoms with E-state index in [-0.39, 0.29) is 6.42 Å². The van der Waals surface area contributed by atoms with Gasteiger partial charge in [0, 0.05) is 18.8 Å². The van der Waals surface area contributed by atoms with Gasteiger partial charge in [0.2, 0.25) is 0 Å². The van der Waals surface area contributed by atoms with E-state index in [0.717, 1.165) is 0 Å². The van der Waals surface area contributed by atoms with Crippen molar-refractivity contribution in [2.75, 3.05) is 7.05 Å². The number of rotatable bonds is 5. The highest BCUT2D eigenvalue weighted by Crippen LogP contribution is 2.33. The third-order valence-electron chi connectivity index (χ3n) is 2.74. The molecule has 0 aliphatic rings. The Labute approximate surface area is 89.3 Å². The van der Waals surface area contributed by atoms with E-state index in [1.807, 2.05) is 0 Å². The van der Waals surface area contributed by atoms with Crippen LogP contribution in [0.5, 0.6) is 0 Å². The van der Waals surface area contributed by atoms with Crippen molar-refractivity contribution in [3.63, 3.8) is 0 Å². The van der Waals surface area contributed by atoms with Gasteiger partial charge in [-0.1, -0.05) is 20.1 Å². The lowest BCUT2D eigenvalue weighted by molar-refractivity contribution is -0.188. The van der Waals surface area contributed by atoms with Crippen molar-refractivity contribution in [3.8, 4) is 0 Å². The third kappa shape index (κ3) is 3.61. The Morgan fingerprint density at radius 3 is 2.20 bits per heavy atom. The minimum atomic E-state index is -4.16. The van der Waals surface area contributed by atoms with Gasteiger partial charge in [-0.2, -0.15) is 13.2 Å². The Morgan fingerprint density at radius 2 is 1.93 bits per heavy atom. The fourth-order valence-corrected chi connectivity index (χ4v) is 1.52. The Hall–Kier alpha value is -0.930. The van der Waals surface area contributed by atoms with Gasteiger partial charge in [0.15, 0.2) is 0 Å². The summed E-state index contributed by atoms with van der Waals surface area (Å²) in [6.45, 7) is 10.2. The van der Waals surface area contributed by atoms with Crippen LogP contribution in [0.4, 0.5) is 13.2 Å². The lowest BCUT2D eigenvalue weighted by atomic mass is 9.96. The molecule has 4 heteroatoms. The summed E-state index contributed by atoms with van der Waals surface area (Å²) < 4.78 is 37.8. The molecule has 0 radical (unpaired) electrons. The van der Waals surface area contributed by atoms with Crippen molar-refractivity contribution < 1.29 is 13.2 Å². The maximum Gasteiger partial charge on any atom is 0.393 e. The molecular formula is C11H18F3N. The largest absolute Gasteiger partial charge is 0.393 e. The number of nitrogens with zero attached hydrogens (tertiary/aromatic N) is 1. The van der Waals surface area contributed by atoms with Gasteiger partial charge in [-0.3, -0.25) is 0 Å². The van der Waals surface area contributed by atoms with Crippen LogP contribution in [0.15, 0.2) is 24.9 Å². The van der Waals surface area contributed by atoms with E-state index < -0.39 is 18.1 Å². The summed E-state index contributed by atoms with van der Waals surface area (Å²) in [4.78, 5) is 1.51. The molecule has 0 bridgehead atoms. The number of likely N-dealkylation sites (N-methyl/N-ethyl adjacent to an activating group) is 1. The van der Waals surface area contributed by atoms with Crippen LogP contribution in [0.1, 0.15) is 20.3 Å². The molecule has 0 aliphatic carbocycles. The Bertz CT molecular complexity index is 232. The zero-order valence-electron chi connectivity index (χ0n) is 9.43. The fourth-order valence-electron chi connectivity index (χ4n) is 1.52. The van der Waals surface area contributed by atoms with Crippen molar-refractivity contribution in [2.45, 2.75) is 32.5 Å². The van der Waals surface area contributed by atoms with Crippen LogP contribution in [-0.2, 0) is 0 Å². The van der Waals surface area contributed by atoms with Gasteiger partial charge >= 0.3 is 6.18 Å². The fraction of sp³-hybridized carbons (Fsp3) is 0.636. The van der Waals surface area contributed by atoms with Crippen LogP contribution in [0.2, 0.25) is 0 Å². The van der Waals surface area contributed by atoms with E-state index in [1.54, 1.807) is 20.9 Å². The first-order valence-electron chi connectivity index (χ1n) is 4.86. The van der Waals surface area contributed by atoms with E-state index >= 15 is 0 Å². The molecule has 0 N–H and O–H groups in total. The highest BCUT2D eigenvalue weighted by atomic mass is 19.4. The van der Waals surface area contributed by atoms with Crippen LogP contribution in [-0.4, -0.2) is 24.2 Å². The summed E-state index contributed by atoms with van der Waals surface area (Å²) in [6, 6.07) is -0.625. The predicted octanol–water partition coefficient (Wildman–Crippen LogP) is 3.59. The molecule has 2 atom stereocenters. The first kappa shape index (κ1) is 14.1. The van der Waals surface area contributed by atoms with Crippen LogP contribution >= 0.6 is 0 Å². The molecule has 1 nitrogen and oxygen atoms in total. The van der Waals surface area contributed by atoms with Crippen molar-refractivity contribution in [1.29, 1.82) is 0 Å². The number of halogens is 3. The van der Waals surface area contributed by atoms with Gasteiger partial charge < -0.3 is 4.90 Å². The van der Waals surface area contributed by atoms with Crippen molar-refractivity contribution in [3.05, 3.63) is 24.9 Å². The van der Waals surface area contributed by atoms with Gasteiger partial charge in [-0.15, -0.1) is 0 Å². The molecule has 0 aromatic carbocycles. The molecule has 0 saturated heterocycles. The molecular weight excluding hydrogens is 203 g/mol. The van der Waals surface area contributed by atoms with Crippen LogP contribution in [0, 0.1) is 5.92 Å². The molecule has 0 aliphatic heterocycles. The molecule has 88 valence electrons. The molecule has 0 saturated carbocycles. The second-order valence-corrected chi connectivity index (χ2v) is 3.60. The monoisotopic (exact) mass is 221 g/mol. The van der Waals surface area contributed by atoms with Crippen LogP contribution < -0.4 is 0 Å². The van der Waals surface area contributed by atoms with Gasteiger partial charge in [0.1, 0.15) is 0 Å². The molecule has 0 amide bonds. The zero-order chi connectivity index (χ0) is 12.2. The maximum atomic E-state index is 12.6. The second kappa shape index (κ2) is 5.24. The Balaban J connectivity index is 4.73. The predicted molar refractivity (Wildman–Crippen MR) is 56.4 cm³/mol. The first-order valence-corrected chi connectivity index (χ1v) is 4.86. The van der Waals surface area contributed by atoms with E-state index in [0.29, 0.717) is 5.70 Å². The average molecular weight is 221 g/mol.